The van der Waals surface area contributed by atoms with Crippen molar-refractivity contribution in [2.24, 2.45) is 0 Å². The van der Waals surface area contributed by atoms with Crippen molar-refractivity contribution in [2.75, 3.05) is 0 Å². The fourth-order valence-electron chi connectivity index (χ4n) is 1.45. The maximum atomic E-state index is 11.0. The molecule has 1 N–H and O–H groups in total. The molecule has 0 saturated heterocycles. The second-order valence-electron chi connectivity index (χ2n) is 3.84. The van der Waals surface area contributed by atoms with Crippen LogP contribution in [0.15, 0.2) is 28.3 Å². The molecule has 10 heteroatoms. The van der Waals surface area contributed by atoms with Gasteiger partial charge in [0.15, 0.2) is 0 Å². The molecule has 2 rings (SSSR count). The second kappa shape index (κ2) is 5.65. The normalized spacial score (nSPS) is 10.4. The SMILES string of the molecule is Cc1ccc([N+](=O)[O-])c(Sc2nnnn2CC(=O)O)c1. The zero-order valence-corrected chi connectivity index (χ0v) is 11.1. The van der Waals surface area contributed by atoms with E-state index in [4.69, 9.17) is 5.11 Å². The molecular weight excluding hydrogens is 286 g/mol. The van der Waals surface area contributed by atoms with E-state index >= 15 is 0 Å². The Morgan fingerprint density at radius 1 is 1.55 bits per heavy atom. The number of hydrogen-bond donors (Lipinski definition) is 1. The predicted octanol–water partition coefficient (Wildman–Crippen LogP) is 1.13. The van der Waals surface area contributed by atoms with Crippen molar-refractivity contribution < 1.29 is 14.8 Å². The predicted molar refractivity (Wildman–Crippen MR) is 67.4 cm³/mol. The minimum Gasteiger partial charge on any atom is -0.480 e. The van der Waals surface area contributed by atoms with Gasteiger partial charge in [0, 0.05) is 6.07 Å². The Morgan fingerprint density at radius 3 is 2.95 bits per heavy atom. The number of tetrazole rings is 1. The lowest BCUT2D eigenvalue weighted by Crippen LogP contribution is -2.11. The van der Waals surface area contributed by atoms with E-state index in [1.54, 1.807) is 19.1 Å². The molecule has 0 fully saturated rings. The first kappa shape index (κ1) is 13.9. The van der Waals surface area contributed by atoms with Crippen LogP contribution in [0.1, 0.15) is 5.56 Å². The summed E-state index contributed by atoms with van der Waals surface area (Å²) in [5.74, 6) is -1.10. The van der Waals surface area contributed by atoms with Gasteiger partial charge in [0.25, 0.3) is 5.69 Å². The minimum atomic E-state index is -1.10. The van der Waals surface area contributed by atoms with Crippen LogP contribution >= 0.6 is 11.8 Å². The molecule has 0 aliphatic rings. The summed E-state index contributed by atoms with van der Waals surface area (Å²) < 4.78 is 1.07. The average Bonchev–Trinajstić information content (AvgIpc) is 2.75. The molecule has 20 heavy (non-hydrogen) atoms. The van der Waals surface area contributed by atoms with Crippen molar-refractivity contribution >= 4 is 23.4 Å². The fourth-order valence-corrected chi connectivity index (χ4v) is 2.42. The third-order valence-corrected chi connectivity index (χ3v) is 3.32. The highest BCUT2D eigenvalue weighted by Gasteiger charge is 2.18. The number of nitro groups is 1. The van der Waals surface area contributed by atoms with E-state index < -0.39 is 17.4 Å². The van der Waals surface area contributed by atoms with Crippen LogP contribution in [0.3, 0.4) is 0 Å². The van der Waals surface area contributed by atoms with Gasteiger partial charge in [0.05, 0.1) is 9.82 Å². The Bertz CT molecular complexity index is 671. The Labute approximate surface area is 116 Å². The van der Waals surface area contributed by atoms with Gasteiger partial charge >= 0.3 is 5.97 Å². The molecule has 0 radical (unpaired) electrons. The number of rotatable bonds is 5. The third-order valence-electron chi connectivity index (χ3n) is 2.30. The van der Waals surface area contributed by atoms with E-state index in [2.05, 4.69) is 15.5 Å². The molecule has 2 aromatic rings. The number of carbonyl (C=O) groups is 1. The number of hydrogen-bond acceptors (Lipinski definition) is 7. The Morgan fingerprint density at radius 2 is 2.30 bits per heavy atom. The van der Waals surface area contributed by atoms with Gasteiger partial charge < -0.3 is 5.11 Å². The van der Waals surface area contributed by atoms with Gasteiger partial charge in [0.1, 0.15) is 6.54 Å². The fraction of sp³-hybridized carbons (Fsp3) is 0.200. The largest absolute Gasteiger partial charge is 0.480 e. The number of benzene rings is 1. The molecule has 104 valence electrons. The average molecular weight is 295 g/mol. The molecule has 0 unspecified atom stereocenters. The maximum Gasteiger partial charge on any atom is 0.325 e. The van der Waals surface area contributed by atoms with Gasteiger partial charge in [-0.1, -0.05) is 6.07 Å². The smallest absolute Gasteiger partial charge is 0.325 e. The van der Waals surface area contributed by atoms with Crippen LogP contribution in [0.5, 0.6) is 0 Å². The van der Waals surface area contributed by atoms with Gasteiger partial charge in [-0.3, -0.25) is 14.9 Å². The van der Waals surface area contributed by atoms with E-state index in [9.17, 15) is 14.9 Å². The topological polar surface area (TPSA) is 124 Å². The molecule has 1 aromatic heterocycles. The van der Waals surface area contributed by atoms with E-state index in [0.717, 1.165) is 22.0 Å². The number of carboxylic acids is 1. The highest BCUT2D eigenvalue weighted by atomic mass is 32.2. The molecule has 1 heterocycles. The molecule has 0 amide bonds. The zero-order chi connectivity index (χ0) is 14.7. The summed E-state index contributed by atoms with van der Waals surface area (Å²) in [7, 11) is 0. The van der Waals surface area contributed by atoms with Gasteiger partial charge in [-0.05, 0) is 40.7 Å². The Hall–Kier alpha value is -2.49. The standard InChI is InChI=1S/C10H9N5O4S/c1-6-2-3-7(15(18)19)8(4-6)20-10-11-12-13-14(10)5-9(16)17/h2-4H,5H2,1H3,(H,16,17). The summed E-state index contributed by atoms with van der Waals surface area (Å²) in [4.78, 5) is 21.5. The number of nitro benzene ring substituents is 1. The highest BCUT2D eigenvalue weighted by molar-refractivity contribution is 7.99. The maximum absolute atomic E-state index is 11.0. The lowest BCUT2D eigenvalue weighted by Gasteiger charge is -2.03. The summed E-state index contributed by atoms with van der Waals surface area (Å²) in [5, 5.41) is 30.5. The molecule has 0 bridgehead atoms. The second-order valence-corrected chi connectivity index (χ2v) is 4.85. The summed E-state index contributed by atoms with van der Waals surface area (Å²) in [5.41, 5.74) is 0.765. The molecule has 0 saturated carbocycles. The van der Waals surface area contributed by atoms with Crippen molar-refractivity contribution in [3.05, 3.63) is 33.9 Å². The van der Waals surface area contributed by atoms with Crippen LogP contribution in [0.25, 0.3) is 0 Å². The van der Waals surface area contributed by atoms with Crippen LogP contribution in [-0.4, -0.2) is 36.2 Å². The first-order chi connectivity index (χ1) is 9.47. The number of carboxylic acid groups (broad SMARTS) is 1. The molecule has 9 nitrogen and oxygen atoms in total. The quantitative estimate of drug-likeness (QED) is 0.642. The van der Waals surface area contributed by atoms with E-state index in [-0.39, 0.29) is 10.8 Å². The van der Waals surface area contributed by atoms with Crippen molar-refractivity contribution in [3.8, 4) is 0 Å². The first-order valence-electron chi connectivity index (χ1n) is 5.38. The Kier molecular flexibility index (Phi) is 3.94. The molecule has 0 spiro atoms. The summed E-state index contributed by atoms with van der Waals surface area (Å²) in [6, 6.07) is 4.65. The van der Waals surface area contributed by atoms with E-state index in [1.807, 2.05) is 0 Å². The number of nitrogens with zero attached hydrogens (tertiary/aromatic N) is 5. The number of aromatic nitrogens is 4. The van der Waals surface area contributed by atoms with Crippen molar-refractivity contribution in [3.63, 3.8) is 0 Å². The van der Waals surface area contributed by atoms with Gasteiger partial charge in [-0.2, -0.15) is 0 Å². The molecule has 0 aliphatic carbocycles. The highest BCUT2D eigenvalue weighted by Crippen LogP contribution is 2.33. The van der Waals surface area contributed by atoms with Crippen molar-refractivity contribution in [1.82, 2.24) is 20.2 Å². The molecular formula is C10H9N5O4S. The molecule has 0 aliphatic heterocycles. The van der Waals surface area contributed by atoms with Crippen LogP contribution in [-0.2, 0) is 11.3 Å². The van der Waals surface area contributed by atoms with E-state index in [0.29, 0.717) is 4.90 Å². The van der Waals surface area contributed by atoms with E-state index in [1.165, 1.54) is 6.07 Å². The summed E-state index contributed by atoms with van der Waals surface area (Å²) in [6.45, 7) is 1.39. The van der Waals surface area contributed by atoms with Crippen LogP contribution < -0.4 is 0 Å². The van der Waals surface area contributed by atoms with Gasteiger partial charge in [-0.25, -0.2) is 4.68 Å². The molecule has 0 atom stereocenters. The van der Waals surface area contributed by atoms with Gasteiger partial charge in [-0.15, -0.1) is 5.10 Å². The van der Waals surface area contributed by atoms with Crippen molar-refractivity contribution in [2.45, 2.75) is 23.5 Å². The zero-order valence-electron chi connectivity index (χ0n) is 10.3. The summed E-state index contributed by atoms with van der Waals surface area (Å²) >= 11 is 0.954. The number of aliphatic carboxylic acids is 1. The monoisotopic (exact) mass is 295 g/mol. The number of aryl methyl sites for hydroxylation is 1. The third kappa shape index (κ3) is 3.09. The lowest BCUT2D eigenvalue weighted by atomic mass is 10.2. The Balaban J connectivity index is 2.35. The van der Waals surface area contributed by atoms with Crippen molar-refractivity contribution in [1.29, 1.82) is 0 Å². The lowest BCUT2D eigenvalue weighted by molar-refractivity contribution is -0.387. The molecule has 1 aromatic carbocycles. The van der Waals surface area contributed by atoms with Gasteiger partial charge in [0.2, 0.25) is 5.16 Å². The van der Waals surface area contributed by atoms with Crippen LogP contribution in [0, 0.1) is 17.0 Å². The van der Waals surface area contributed by atoms with Crippen LogP contribution in [0.2, 0.25) is 0 Å². The first-order valence-corrected chi connectivity index (χ1v) is 6.20. The summed E-state index contributed by atoms with van der Waals surface area (Å²) in [6.07, 6.45) is 0. The van der Waals surface area contributed by atoms with Crippen LogP contribution in [0.4, 0.5) is 5.69 Å². The minimum absolute atomic E-state index is 0.0783.